The molecular formula is C18H18FN3S. The smallest absolute Gasteiger partial charge is 0.128 e. The standard InChI is InChI=1S/C18H18FN3S/c19-16-10-13(11-20)4-5-15(16)12-23-18-3-1-2-17(22-18)14-6-8-21-9-7-14/h1-6,10,18,21-22H,7-9,12H2. The van der Waals surface area contributed by atoms with Gasteiger partial charge in [0, 0.05) is 18.0 Å². The molecule has 0 aliphatic carbocycles. The van der Waals surface area contributed by atoms with E-state index in [1.807, 2.05) is 6.07 Å². The summed E-state index contributed by atoms with van der Waals surface area (Å²) in [4.78, 5) is 0. The van der Waals surface area contributed by atoms with Crippen molar-refractivity contribution in [3.05, 3.63) is 70.7 Å². The molecule has 0 amide bonds. The molecule has 0 saturated carbocycles. The summed E-state index contributed by atoms with van der Waals surface area (Å²) in [5.41, 5.74) is 3.48. The Bertz CT molecular complexity index is 715. The lowest BCUT2D eigenvalue weighted by Crippen LogP contribution is -2.30. The molecule has 2 heterocycles. The van der Waals surface area contributed by atoms with E-state index in [4.69, 9.17) is 5.26 Å². The average molecular weight is 327 g/mol. The maximum Gasteiger partial charge on any atom is 0.128 e. The van der Waals surface area contributed by atoms with E-state index in [-0.39, 0.29) is 11.2 Å². The highest BCUT2D eigenvalue weighted by Gasteiger charge is 2.15. The monoisotopic (exact) mass is 327 g/mol. The molecule has 2 N–H and O–H groups in total. The number of allylic oxidation sites excluding steroid dienone is 3. The van der Waals surface area contributed by atoms with Gasteiger partial charge in [0.05, 0.1) is 17.0 Å². The fraction of sp³-hybridized carbons (Fsp3) is 0.278. The first kappa shape index (κ1) is 15.9. The molecule has 1 atom stereocenters. The highest BCUT2D eigenvalue weighted by Crippen LogP contribution is 2.25. The predicted molar refractivity (Wildman–Crippen MR) is 92.1 cm³/mol. The molecule has 0 aromatic heterocycles. The molecule has 0 radical (unpaired) electrons. The van der Waals surface area contributed by atoms with Crippen molar-refractivity contribution in [1.82, 2.24) is 10.6 Å². The minimum Gasteiger partial charge on any atom is -0.370 e. The first-order valence-electron chi connectivity index (χ1n) is 7.61. The van der Waals surface area contributed by atoms with Crippen molar-refractivity contribution < 1.29 is 4.39 Å². The third kappa shape index (κ3) is 4.04. The zero-order chi connectivity index (χ0) is 16.1. The summed E-state index contributed by atoms with van der Waals surface area (Å²) in [6.45, 7) is 1.91. The Hall–Kier alpha value is -2.03. The van der Waals surface area contributed by atoms with E-state index in [0.717, 1.165) is 25.2 Å². The SMILES string of the molecule is N#Cc1ccc(CSC2C=CC=C(C3=CCNCC3)N2)c(F)c1. The van der Waals surface area contributed by atoms with Crippen molar-refractivity contribution in [3.8, 4) is 6.07 Å². The number of hydrogen-bond donors (Lipinski definition) is 2. The minimum absolute atomic E-state index is 0.126. The maximum absolute atomic E-state index is 13.9. The normalized spacial score (nSPS) is 20.3. The van der Waals surface area contributed by atoms with Gasteiger partial charge in [-0.1, -0.05) is 24.3 Å². The summed E-state index contributed by atoms with van der Waals surface area (Å²) in [5.74, 6) is 0.251. The van der Waals surface area contributed by atoms with Crippen LogP contribution >= 0.6 is 11.8 Å². The summed E-state index contributed by atoms with van der Waals surface area (Å²) in [7, 11) is 0. The minimum atomic E-state index is -0.312. The molecule has 2 aliphatic rings. The largest absolute Gasteiger partial charge is 0.370 e. The summed E-state index contributed by atoms with van der Waals surface area (Å²) in [6.07, 6.45) is 9.47. The van der Waals surface area contributed by atoms with Crippen LogP contribution in [-0.4, -0.2) is 18.5 Å². The van der Waals surface area contributed by atoms with Crippen molar-refractivity contribution in [2.75, 3.05) is 13.1 Å². The Labute approximate surface area is 140 Å². The van der Waals surface area contributed by atoms with Gasteiger partial charge in [-0.05, 0) is 42.3 Å². The number of benzene rings is 1. The highest BCUT2D eigenvalue weighted by atomic mass is 32.2. The van der Waals surface area contributed by atoms with Crippen LogP contribution in [0.1, 0.15) is 17.5 Å². The molecule has 0 saturated heterocycles. The van der Waals surface area contributed by atoms with E-state index >= 15 is 0 Å². The van der Waals surface area contributed by atoms with Gasteiger partial charge >= 0.3 is 0 Å². The topological polar surface area (TPSA) is 47.9 Å². The Balaban J connectivity index is 1.60. The van der Waals surface area contributed by atoms with Crippen molar-refractivity contribution in [2.45, 2.75) is 17.5 Å². The van der Waals surface area contributed by atoms with Gasteiger partial charge in [-0.15, -0.1) is 11.8 Å². The van der Waals surface area contributed by atoms with E-state index in [1.165, 1.54) is 11.6 Å². The number of halogens is 1. The third-order valence-corrected chi connectivity index (χ3v) is 4.97. The number of nitrogens with zero attached hydrogens (tertiary/aromatic N) is 1. The zero-order valence-electron chi connectivity index (χ0n) is 12.7. The van der Waals surface area contributed by atoms with Gasteiger partial charge in [0.25, 0.3) is 0 Å². The van der Waals surface area contributed by atoms with Crippen LogP contribution < -0.4 is 10.6 Å². The van der Waals surface area contributed by atoms with Crippen molar-refractivity contribution in [3.63, 3.8) is 0 Å². The van der Waals surface area contributed by atoms with Crippen molar-refractivity contribution >= 4 is 11.8 Å². The Morgan fingerprint density at radius 1 is 1.39 bits per heavy atom. The average Bonchev–Trinajstić information content (AvgIpc) is 2.61. The molecule has 3 rings (SSSR count). The zero-order valence-corrected chi connectivity index (χ0v) is 13.5. The molecule has 0 fully saturated rings. The van der Waals surface area contributed by atoms with Gasteiger partial charge in [-0.3, -0.25) is 0 Å². The third-order valence-electron chi connectivity index (χ3n) is 3.86. The van der Waals surface area contributed by atoms with Crippen LogP contribution in [0, 0.1) is 17.1 Å². The van der Waals surface area contributed by atoms with Crippen LogP contribution in [0.5, 0.6) is 0 Å². The van der Waals surface area contributed by atoms with Gasteiger partial charge in [-0.2, -0.15) is 5.26 Å². The summed E-state index contributed by atoms with van der Waals surface area (Å²) in [6, 6.07) is 6.61. The number of thioether (sulfide) groups is 1. The van der Waals surface area contributed by atoms with Gasteiger partial charge in [-0.25, -0.2) is 4.39 Å². The second-order valence-electron chi connectivity index (χ2n) is 5.44. The molecule has 118 valence electrons. The number of nitriles is 1. The lowest BCUT2D eigenvalue weighted by Gasteiger charge is -2.25. The van der Waals surface area contributed by atoms with Crippen LogP contribution in [0.25, 0.3) is 0 Å². The Kier molecular flexibility index (Phi) is 5.16. The van der Waals surface area contributed by atoms with Crippen LogP contribution in [0.2, 0.25) is 0 Å². The summed E-state index contributed by atoms with van der Waals surface area (Å²) < 4.78 is 13.9. The van der Waals surface area contributed by atoms with E-state index in [1.54, 1.807) is 23.9 Å². The Morgan fingerprint density at radius 3 is 3.04 bits per heavy atom. The molecule has 1 aromatic carbocycles. The fourth-order valence-electron chi connectivity index (χ4n) is 2.58. The van der Waals surface area contributed by atoms with Gasteiger partial charge in [0.2, 0.25) is 0 Å². The van der Waals surface area contributed by atoms with Crippen molar-refractivity contribution in [2.24, 2.45) is 0 Å². The predicted octanol–water partition coefficient (Wildman–Crippen LogP) is 3.22. The lowest BCUT2D eigenvalue weighted by molar-refractivity contribution is 0.616. The van der Waals surface area contributed by atoms with Crippen LogP contribution in [0.4, 0.5) is 4.39 Å². The van der Waals surface area contributed by atoms with Crippen LogP contribution in [0.15, 0.2) is 53.8 Å². The maximum atomic E-state index is 13.9. The number of nitrogens with one attached hydrogen (secondary N) is 2. The second-order valence-corrected chi connectivity index (χ2v) is 6.57. The van der Waals surface area contributed by atoms with E-state index in [9.17, 15) is 4.39 Å². The summed E-state index contributed by atoms with van der Waals surface area (Å²) >= 11 is 1.64. The molecule has 0 spiro atoms. The molecule has 3 nitrogen and oxygen atoms in total. The second kappa shape index (κ2) is 7.49. The van der Waals surface area contributed by atoms with Gasteiger partial charge in [0.15, 0.2) is 0 Å². The number of hydrogen-bond acceptors (Lipinski definition) is 4. The highest BCUT2D eigenvalue weighted by molar-refractivity contribution is 7.99. The fourth-order valence-corrected chi connectivity index (χ4v) is 3.59. The molecule has 2 aliphatic heterocycles. The van der Waals surface area contributed by atoms with E-state index in [2.05, 4.69) is 34.9 Å². The van der Waals surface area contributed by atoms with Crippen molar-refractivity contribution in [1.29, 1.82) is 5.26 Å². The molecule has 0 bridgehead atoms. The summed E-state index contributed by atoms with van der Waals surface area (Å²) in [5, 5.41) is 15.7. The lowest BCUT2D eigenvalue weighted by atomic mass is 10.0. The Morgan fingerprint density at radius 2 is 2.30 bits per heavy atom. The molecular weight excluding hydrogens is 309 g/mol. The molecule has 23 heavy (non-hydrogen) atoms. The first-order valence-corrected chi connectivity index (χ1v) is 8.66. The molecule has 1 aromatic rings. The first-order chi connectivity index (χ1) is 11.3. The number of rotatable bonds is 4. The van der Waals surface area contributed by atoms with Crippen LogP contribution in [0.3, 0.4) is 0 Å². The van der Waals surface area contributed by atoms with E-state index < -0.39 is 0 Å². The number of dihydropyridines is 1. The van der Waals surface area contributed by atoms with E-state index in [0.29, 0.717) is 16.9 Å². The molecule has 1 unspecified atom stereocenters. The molecule has 5 heteroatoms. The van der Waals surface area contributed by atoms with Gasteiger partial charge < -0.3 is 10.6 Å². The quantitative estimate of drug-likeness (QED) is 0.891. The van der Waals surface area contributed by atoms with Crippen LogP contribution in [-0.2, 0) is 5.75 Å². The van der Waals surface area contributed by atoms with Gasteiger partial charge in [0.1, 0.15) is 5.82 Å².